The Morgan fingerprint density at radius 2 is 1.83 bits per heavy atom. The molecule has 0 atom stereocenters. The molecule has 0 aliphatic rings. The highest BCUT2D eigenvalue weighted by Crippen LogP contribution is 2.34. The van der Waals surface area contributed by atoms with Crippen LogP contribution in [0.25, 0.3) is 0 Å². The molecule has 124 valence electrons. The van der Waals surface area contributed by atoms with Gasteiger partial charge in [-0.05, 0) is 23.1 Å². The monoisotopic (exact) mass is 342 g/mol. The molecule has 2 aromatic heterocycles. The van der Waals surface area contributed by atoms with Crippen molar-refractivity contribution in [1.29, 1.82) is 0 Å². The lowest BCUT2D eigenvalue weighted by Crippen LogP contribution is -2.15. The summed E-state index contributed by atoms with van der Waals surface area (Å²) < 4.78 is 38.9. The molecule has 0 aliphatic heterocycles. The largest absolute Gasteiger partial charge is 0.434 e. The van der Waals surface area contributed by atoms with E-state index < -0.39 is 16.8 Å². The van der Waals surface area contributed by atoms with Crippen LogP contribution in [0.15, 0.2) is 23.2 Å². The lowest BCUT2D eigenvalue weighted by Gasteiger charge is -2.19. The lowest BCUT2D eigenvalue weighted by atomic mass is 9.87. The Bertz CT molecular complexity index is 724. The summed E-state index contributed by atoms with van der Waals surface area (Å²) >= 11 is 3.75. The second-order valence-electron chi connectivity index (χ2n) is 6.18. The number of aromatic nitrogens is 3. The van der Waals surface area contributed by atoms with Gasteiger partial charge in [0, 0.05) is 11.9 Å². The molecular formula is C15H17F3N4S. The molecule has 0 saturated carbocycles. The molecule has 0 aromatic carbocycles. The van der Waals surface area contributed by atoms with Crippen LogP contribution >= 0.6 is 12.6 Å². The summed E-state index contributed by atoms with van der Waals surface area (Å²) in [5.74, 6) is -0.330. The number of hydrogen-bond donors (Lipinski definition) is 2. The van der Waals surface area contributed by atoms with Gasteiger partial charge in [-0.15, -0.1) is 12.6 Å². The minimum absolute atomic E-state index is 0.0359. The van der Waals surface area contributed by atoms with Gasteiger partial charge in [-0.1, -0.05) is 20.8 Å². The Morgan fingerprint density at radius 3 is 2.39 bits per heavy atom. The molecule has 0 amide bonds. The average Bonchev–Trinajstić information content (AvgIpc) is 2.41. The van der Waals surface area contributed by atoms with Crippen LogP contribution < -0.4 is 5.73 Å². The van der Waals surface area contributed by atoms with Gasteiger partial charge in [-0.2, -0.15) is 13.2 Å². The fourth-order valence-electron chi connectivity index (χ4n) is 2.00. The molecule has 0 aliphatic carbocycles. The second-order valence-corrected chi connectivity index (χ2v) is 6.63. The summed E-state index contributed by atoms with van der Waals surface area (Å²) in [5.41, 5.74) is 5.91. The fourth-order valence-corrected chi connectivity index (χ4v) is 2.23. The smallest absolute Gasteiger partial charge is 0.383 e. The van der Waals surface area contributed by atoms with Gasteiger partial charge in [0.05, 0.1) is 11.3 Å². The van der Waals surface area contributed by atoms with Gasteiger partial charge in [0.25, 0.3) is 0 Å². The quantitative estimate of drug-likeness (QED) is 0.818. The van der Waals surface area contributed by atoms with Crippen LogP contribution in [0, 0.1) is 0 Å². The Balaban J connectivity index is 2.40. The van der Waals surface area contributed by atoms with Crippen LogP contribution in [0.1, 0.15) is 43.5 Å². The molecule has 4 nitrogen and oxygen atoms in total. The third-order valence-corrected chi connectivity index (χ3v) is 3.69. The summed E-state index contributed by atoms with van der Waals surface area (Å²) in [5, 5.41) is 0. The minimum atomic E-state index is -4.64. The second kappa shape index (κ2) is 5.99. The Labute approximate surface area is 137 Å². The number of nitrogens with two attached hydrogens (primary N) is 1. The number of pyridine rings is 1. The van der Waals surface area contributed by atoms with E-state index in [1.165, 1.54) is 0 Å². The normalized spacial score (nSPS) is 12.5. The highest BCUT2D eigenvalue weighted by atomic mass is 32.1. The van der Waals surface area contributed by atoms with Gasteiger partial charge in [0.2, 0.25) is 0 Å². The number of rotatable bonds is 2. The van der Waals surface area contributed by atoms with Crippen molar-refractivity contribution in [2.24, 2.45) is 0 Å². The van der Waals surface area contributed by atoms with E-state index >= 15 is 0 Å². The van der Waals surface area contributed by atoms with Crippen molar-refractivity contribution >= 4 is 18.4 Å². The predicted octanol–water partition coefficient (Wildman–Crippen LogP) is 3.65. The van der Waals surface area contributed by atoms with E-state index in [0.717, 1.165) is 5.56 Å². The van der Waals surface area contributed by atoms with Crippen molar-refractivity contribution in [3.8, 4) is 0 Å². The van der Waals surface area contributed by atoms with Gasteiger partial charge in [-0.3, -0.25) is 4.98 Å². The van der Waals surface area contributed by atoms with Crippen molar-refractivity contribution in [1.82, 2.24) is 15.0 Å². The van der Waals surface area contributed by atoms with E-state index in [0.29, 0.717) is 5.69 Å². The zero-order chi connectivity index (χ0) is 17.4. The van der Waals surface area contributed by atoms with Gasteiger partial charge in [-0.25, -0.2) is 9.97 Å². The maximum Gasteiger partial charge on any atom is 0.434 e. The summed E-state index contributed by atoms with van der Waals surface area (Å²) in [4.78, 5) is 11.2. The minimum Gasteiger partial charge on any atom is -0.383 e. The van der Waals surface area contributed by atoms with Gasteiger partial charge in [0.1, 0.15) is 11.6 Å². The first-order valence-electron chi connectivity index (χ1n) is 6.86. The third kappa shape index (κ3) is 4.13. The summed E-state index contributed by atoms with van der Waals surface area (Å²) in [6.45, 7) is 6.12. The number of anilines is 1. The van der Waals surface area contributed by atoms with Crippen molar-refractivity contribution in [2.45, 2.75) is 43.7 Å². The van der Waals surface area contributed by atoms with Crippen molar-refractivity contribution in [3.05, 3.63) is 41.1 Å². The topological polar surface area (TPSA) is 64.7 Å². The van der Waals surface area contributed by atoms with Gasteiger partial charge < -0.3 is 5.73 Å². The molecule has 0 radical (unpaired) electrons. The Kier molecular flexibility index (Phi) is 4.57. The first kappa shape index (κ1) is 17.5. The summed E-state index contributed by atoms with van der Waals surface area (Å²) in [6, 6.07) is 3.71. The molecule has 2 heterocycles. The van der Waals surface area contributed by atoms with Gasteiger partial charge in [0.15, 0.2) is 5.69 Å². The Hall–Kier alpha value is -1.83. The molecule has 2 rings (SSSR count). The van der Waals surface area contributed by atoms with Crippen molar-refractivity contribution < 1.29 is 13.2 Å². The van der Waals surface area contributed by atoms with Crippen molar-refractivity contribution in [2.75, 3.05) is 5.73 Å². The van der Waals surface area contributed by atoms with Crippen molar-refractivity contribution in [3.63, 3.8) is 0 Å². The van der Waals surface area contributed by atoms with E-state index in [1.54, 1.807) is 6.20 Å². The van der Waals surface area contributed by atoms with E-state index in [9.17, 15) is 13.2 Å². The van der Waals surface area contributed by atoms with Crippen LogP contribution in [0.2, 0.25) is 0 Å². The number of nitrogens with zero attached hydrogens (tertiary/aromatic N) is 3. The zero-order valence-corrected chi connectivity index (χ0v) is 13.8. The molecule has 2 aromatic rings. The first-order chi connectivity index (χ1) is 10.5. The molecule has 0 fully saturated rings. The van der Waals surface area contributed by atoms with Crippen LogP contribution in [0.4, 0.5) is 19.0 Å². The molecule has 23 heavy (non-hydrogen) atoms. The van der Waals surface area contributed by atoms with Gasteiger partial charge >= 0.3 is 6.18 Å². The highest BCUT2D eigenvalue weighted by Gasteiger charge is 2.36. The van der Waals surface area contributed by atoms with E-state index in [1.807, 2.05) is 32.9 Å². The fraction of sp³-hybridized carbons (Fsp3) is 0.400. The first-order valence-corrected chi connectivity index (χ1v) is 7.31. The van der Waals surface area contributed by atoms with Crippen LogP contribution in [-0.2, 0) is 18.0 Å². The highest BCUT2D eigenvalue weighted by molar-refractivity contribution is 7.80. The molecule has 2 N–H and O–H groups in total. The number of thiol groups is 1. The maximum atomic E-state index is 13.0. The van der Waals surface area contributed by atoms with Crippen LogP contribution in [0.3, 0.4) is 0 Å². The van der Waals surface area contributed by atoms with E-state index in [-0.39, 0.29) is 23.5 Å². The number of alkyl halides is 3. The van der Waals surface area contributed by atoms with E-state index in [2.05, 4.69) is 27.6 Å². The molecule has 0 saturated heterocycles. The maximum absolute atomic E-state index is 13.0. The molecule has 0 unspecified atom stereocenters. The standard InChI is InChI=1S/C15H17F3N4S/c1-14(2,3)8-4-5-20-9(6-8)7-10-21-12(15(16,17)18)11(23)13(19)22-10/h4-6,23H,7H2,1-3H3,(H2,19,21,22). The van der Waals surface area contributed by atoms with Crippen LogP contribution in [-0.4, -0.2) is 15.0 Å². The van der Waals surface area contributed by atoms with Crippen LogP contribution in [0.5, 0.6) is 0 Å². The summed E-state index contributed by atoms with van der Waals surface area (Å²) in [7, 11) is 0. The number of nitrogen functional groups attached to an aromatic ring is 1. The molecule has 0 spiro atoms. The SMILES string of the molecule is CC(C)(C)c1ccnc(Cc2nc(N)c(S)c(C(F)(F)F)n2)c1. The zero-order valence-electron chi connectivity index (χ0n) is 12.9. The lowest BCUT2D eigenvalue weighted by molar-refractivity contribution is -0.143. The third-order valence-electron chi connectivity index (χ3n) is 3.25. The number of halogens is 3. The molecular weight excluding hydrogens is 325 g/mol. The predicted molar refractivity (Wildman–Crippen MR) is 84.4 cm³/mol. The average molecular weight is 342 g/mol. The molecule has 0 bridgehead atoms. The number of hydrogen-bond acceptors (Lipinski definition) is 5. The Morgan fingerprint density at radius 1 is 1.17 bits per heavy atom. The van der Waals surface area contributed by atoms with E-state index in [4.69, 9.17) is 5.73 Å². The summed E-state index contributed by atoms with van der Waals surface area (Å²) in [6.07, 6.45) is -2.95. The molecule has 8 heteroatoms.